The summed E-state index contributed by atoms with van der Waals surface area (Å²) < 4.78 is 70.7. The molecule has 0 bridgehead atoms. The number of benzene rings is 2. The van der Waals surface area contributed by atoms with E-state index in [0.29, 0.717) is 5.56 Å². The first-order chi connectivity index (χ1) is 19.5. The van der Waals surface area contributed by atoms with E-state index in [4.69, 9.17) is 9.92 Å². The molecule has 14 nitrogen and oxygen atoms in total. The Bertz CT molecular complexity index is 1420. The van der Waals surface area contributed by atoms with Crippen LogP contribution in [0.1, 0.15) is 11.1 Å². The van der Waals surface area contributed by atoms with Gasteiger partial charge in [0.15, 0.2) is 6.10 Å². The van der Waals surface area contributed by atoms with Crippen LogP contribution in [0.4, 0.5) is 18.9 Å². The molecule has 0 aliphatic rings. The fourth-order valence-electron chi connectivity index (χ4n) is 3.25. The summed E-state index contributed by atoms with van der Waals surface area (Å²) in [6.07, 6.45) is -8.13. The summed E-state index contributed by atoms with van der Waals surface area (Å²) in [6.45, 7) is -0.584. The highest BCUT2D eigenvalue weighted by molar-refractivity contribution is 7.86. The quantitative estimate of drug-likeness (QED) is 0.127. The lowest BCUT2D eigenvalue weighted by Gasteiger charge is -2.23. The van der Waals surface area contributed by atoms with Gasteiger partial charge in [0, 0.05) is 25.1 Å². The molecular weight excluding hydrogens is 591 g/mol. The van der Waals surface area contributed by atoms with Crippen molar-refractivity contribution in [3.63, 3.8) is 0 Å². The summed E-state index contributed by atoms with van der Waals surface area (Å²) >= 11 is 0. The smallest absolute Gasteiger partial charge is 0.352 e. The van der Waals surface area contributed by atoms with Crippen molar-refractivity contribution < 1.29 is 49.9 Å². The van der Waals surface area contributed by atoms with Crippen LogP contribution in [-0.2, 0) is 39.9 Å². The molecule has 0 aromatic heterocycles. The van der Waals surface area contributed by atoms with Crippen LogP contribution in [-0.4, -0.2) is 74.8 Å². The van der Waals surface area contributed by atoms with Gasteiger partial charge < -0.3 is 21.7 Å². The monoisotopic (exact) mass is 617 g/mol. The number of nitro groups is 1. The molecule has 0 aliphatic heterocycles. The Hall–Kier alpha value is -4.42. The SMILES string of the molecule is Cc1ccc(S(=O)(=O)OC(Cc2ccc([N+](=O)[O-])cc2)C(=O)NC(CNC(=O)CNC(=O)CN)C(=O)C(F)(F)F)cc1. The normalized spacial score (nSPS) is 13.0. The average Bonchev–Trinajstić information content (AvgIpc) is 2.92. The van der Waals surface area contributed by atoms with E-state index < -0.39 is 82.9 Å². The van der Waals surface area contributed by atoms with Gasteiger partial charge in [-0.2, -0.15) is 21.6 Å². The maximum absolute atomic E-state index is 13.3. The van der Waals surface area contributed by atoms with Gasteiger partial charge in [-0.05, 0) is 24.6 Å². The number of Topliss-reactive ketones (excluding diaryl/α,β-unsaturated/α-hetero) is 1. The molecular formula is C24H26F3N5O9S. The lowest BCUT2D eigenvalue weighted by Crippen LogP contribution is -2.56. The number of carbonyl (C=O) groups is 4. The maximum Gasteiger partial charge on any atom is 0.452 e. The van der Waals surface area contributed by atoms with Gasteiger partial charge in [0.05, 0.1) is 22.9 Å². The number of ketones is 1. The Morgan fingerprint density at radius 1 is 1.00 bits per heavy atom. The predicted molar refractivity (Wildman–Crippen MR) is 138 cm³/mol. The molecule has 0 fully saturated rings. The molecule has 2 aromatic carbocycles. The Morgan fingerprint density at radius 2 is 1.60 bits per heavy atom. The second-order valence-electron chi connectivity index (χ2n) is 8.69. The number of carbonyl (C=O) groups excluding carboxylic acids is 4. The predicted octanol–water partition coefficient (Wildman–Crippen LogP) is 0.0271. The third-order valence-electron chi connectivity index (χ3n) is 5.46. The molecule has 2 rings (SSSR count). The number of amides is 3. The highest BCUT2D eigenvalue weighted by Crippen LogP contribution is 2.21. The molecule has 5 N–H and O–H groups in total. The first-order valence-electron chi connectivity index (χ1n) is 11.9. The first kappa shape index (κ1) is 33.8. The number of nitro benzene ring substituents is 1. The molecule has 0 spiro atoms. The highest BCUT2D eigenvalue weighted by Gasteiger charge is 2.45. The standard InChI is InChI=1S/C24H26F3N5O9S/c1-14-2-8-17(9-3-14)42(39,40)41-19(10-15-4-6-16(7-5-15)32(37)38)23(36)31-18(22(35)24(25,26)27)12-29-21(34)13-30-20(33)11-28/h2-9,18-19H,10-13,28H2,1H3,(H,29,34)(H,30,33)(H,31,36). The van der Waals surface area contributed by atoms with Gasteiger partial charge in [-0.15, -0.1) is 0 Å². The van der Waals surface area contributed by atoms with Crippen molar-refractivity contribution in [3.8, 4) is 0 Å². The number of non-ortho nitro benzene ring substituents is 1. The molecule has 0 saturated heterocycles. The van der Waals surface area contributed by atoms with Crippen LogP contribution < -0.4 is 21.7 Å². The van der Waals surface area contributed by atoms with Crippen LogP contribution in [0.15, 0.2) is 53.4 Å². The summed E-state index contributed by atoms with van der Waals surface area (Å²) in [5.74, 6) is -5.72. The Balaban J connectivity index is 2.34. The summed E-state index contributed by atoms with van der Waals surface area (Å²) in [5, 5.41) is 16.7. The number of alkyl halides is 3. The van der Waals surface area contributed by atoms with Gasteiger partial charge >= 0.3 is 6.18 Å². The van der Waals surface area contributed by atoms with Crippen LogP contribution in [0.25, 0.3) is 0 Å². The summed E-state index contributed by atoms with van der Waals surface area (Å²) in [5.41, 5.74) is 5.55. The van der Waals surface area contributed by atoms with Crippen LogP contribution in [0, 0.1) is 17.0 Å². The Morgan fingerprint density at radius 3 is 2.12 bits per heavy atom. The fourth-order valence-corrected chi connectivity index (χ4v) is 4.29. The molecule has 18 heteroatoms. The molecule has 0 aliphatic carbocycles. The lowest BCUT2D eigenvalue weighted by atomic mass is 10.1. The van der Waals surface area contributed by atoms with E-state index in [1.807, 2.05) is 5.32 Å². The van der Waals surface area contributed by atoms with Crippen molar-refractivity contribution in [2.45, 2.75) is 36.6 Å². The molecule has 2 atom stereocenters. The van der Waals surface area contributed by atoms with Gasteiger partial charge in [0.2, 0.25) is 11.8 Å². The summed E-state index contributed by atoms with van der Waals surface area (Å²) in [7, 11) is -4.69. The number of nitrogens with two attached hydrogens (primary N) is 1. The third-order valence-corrected chi connectivity index (χ3v) is 6.80. The second kappa shape index (κ2) is 14.5. The van der Waals surface area contributed by atoms with Crippen molar-refractivity contribution >= 4 is 39.3 Å². The molecule has 2 aromatic rings. The number of aryl methyl sites for hydroxylation is 1. The first-order valence-corrected chi connectivity index (χ1v) is 13.3. The lowest BCUT2D eigenvalue weighted by molar-refractivity contribution is -0.384. The number of halogens is 3. The molecule has 42 heavy (non-hydrogen) atoms. The van der Waals surface area contributed by atoms with Crippen LogP contribution in [0.2, 0.25) is 0 Å². The van der Waals surface area contributed by atoms with Crippen molar-refractivity contribution in [2.24, 2.45) is 5.73 Å². The Kier molecular flexibility index (Phi) is 11.6. The van der Waals surface area contributed by atoms with Gasteiger partial charge in [-0.1, -0.05) is 29.8 Å². The second-order valence-corrected chi connectivity index (χ2v) is 10.3. The van der Waals surface area contributed by atoms with E-state index in [-0.39, 0.29) is 16.1 Å². The highest BCUT2D eigenvalue weighted by atomic mass is 32.2. The number of hydrogen-bond acceptors (Lipinski definition) is 10. The molecule has 0 saturated carbocycles. The average molecular weight is 618 g/mol. The molecule has 0 radical (unpaired) electrons. The third kappa shape index (κ3) is 10.2. The van der Waals surface area contributed by atoms with Crippen LogP contribution in [0.3, 0.4) is 0 Å². The van der Waals surface area contributed by atoms with Gasteiger partial charge in [-0.25, -0.2) is 0 Å². The minimum atomic E-state index is -5.47. The summed E-state index contributed by atoms with van der Waals surface area (Å²) in [4.78, 5) is 58.1. The largest absolute Gasteiger partial charge is 0.452 e. The van der Waals surface area contributed by atoms with Crippen LogP contribution in [0.5, 0.6) is 0 Å². The van der Waals surface area contributed by atoms with Crippen LogP contribution >= 0.6 is 0 Å². The van der Waals surface area contributed by atoms with Gasteiger partial charge in [0.25, 0.3) is 27.5 Å². The number of rotatable bonds is 14. The van der Waals surface area contributed by atoms with Gasteiger partial charge in [0.1, 0.15) is 6.04 Å². The number of nitrogens with zero attached hydrogens (tertiary/aromatic N) is 1. The zero-order valence-electron chi connectivity index (χ0n) is 21.8. The van der Waals surface area contributed by atoms with E-state index in [1.165, 1.54) is 36.4 Å². The van der Waals surface area contributed by atoms with E-state index in [1.54, 1.807) is 12.2 Å². The zero-order valence-corrected chi connectivity index (χ0v) is 22.7. The van der Waals surface area contributed by atoms with Crippen molar-refractivity contribution in [2.75, 3.05) is 19.6 Å². The van der Waals surface area contributed by atoms with Crippen molar-refractivity contribution in [3.05, 3.63) is 69.8 Å². The zero-order chi connectivity index (χ0) is 31.7. The minimum absolute atomic E-state index is 0.127. The number of nitrogens with one attached hydrogen (secondary N) is 3. The van der Waals surface area contributed by atoms with Crippen molar-refractivity contribution in [1.82, 2.24) is 16.0 Å². The topological polar surface area (TPSA) is 217 Å². The van der Waals surface area contributed by atoms with E-state index in [2.05, 4.69) is 5.32 Å². The maximum atomic E-state index is 13.3. The van der Waals surface area contributed by atoms with E-state index in [9.17, 15) is 50.9 Å². The van der Waals surface area contributed by atoms with E-state index >= 15 is 0 Å². The number of hydrogen-bond donors (Lipinski definition) is 4. The van der Waals surface area contributed by atoms with Gasteiger partial charge in [-0.3, -0.25) is 33.5 Å². The minimum Gasteiger partial charge on any atom is -0.352 e. The summed E-state index contributed by atoms with van der Waals surface area (Å²) in [6, 6.07) is 7.22. The van der Waals surface area contributed by atoms with E-state index in [0.717, 1.165) is 12.1 Å². The molecule has 3 amide bonds. The fraction of sp³-hybridized carbons (Fsp3) is 0.333. The molecule has 2 unspecified atom stereocenters. The molecule has 228 valence electrons. The Labute approximate surface area is 237 Å². The van der Waals surface area contributed by atoms with Crippen molar-refractivity contribution in [1.29, 1.82) is 0 Å². The molecule has 0 heterocycles.